The number of methoxy groups -OCH3 is 3. The van der Waals surface area contributed by atoms with Gasteiger partial charge in [0.2, 0.25) is 5.75 Å². The SMILES string of the molecule is COc1cc(CC(=O)Oc2c(C)cc(Cl)cc2C)cc(OC)c1OC. The minimum atomic E-state index is -0.386. The topological polar surface area (TPSA) is 54.0 Å². The molecular formula is C19H21ClO5. The number of rotatable bonds is 6. The van der Waals surface area contributed by atoms with Gasteiger partial charge >= 0.3 is 5.97 Å². The molecule has 0 saturated carbocycles. The number of ether oxygens (including phenoxy) is 4. The molecule has 0 aliphatic rings. The average Bonchev–Trinajstić information content (AvgIpc) is 2.57. The Bertz CT molecular complexity index is 737. The second kappa shape index (κ2) is 8.12. The fraction of sp³-hybridized carbons (Fsp3) is 0.316. The Hall–Kier alpha value is -2.40. The third-order valence-electron chi connectivity index (χ3n) is 3.71. The lowest BCUT2D eigenvalue weighted by Crippen LogP contribution is -2.13. The third-order valence-corrected chi connectivity index (χ3v) is 3.93. The van der Waals surface area contributed by atoms with Gasteiger partial charge in [-0.3, -0.25) is 4.79 Å². The number of carbonyl (C=O) groups is 1. The highest BCUT2D eigenvalue weighted by molar-refractivity contribution is 6.30. The zero-order valence-electron chi connectivity index (χ0n) is 14.9. The van der Waals surface area contributed by atoms with E-state index in [0.717, 1.165) is 11.1 Å². The van der Waals surface area contributed by atoms with Crippen molar-refractivity contribution in [3.8, 4) is 23.0 Å². The lowest BCUT2D eigenvalue weighted by Gasteiger charge is -2.14. The van der Waals surface area contributed by atoms with Crippen molar-refractivity contribution < 1.29 is 23.7 Å². The molecule has 25 heavy (non-hydrogen) atoms. The number of hydrogen-bond acceptors (Lipinski definition) is 5. The average molecular weight is 365 g/mol. The van der Waals surface area contributed by atoms with E-state index in [2.05, 4.69) is 0 Å². The Balaban J connectivity index is 2.24. The Morgan fingerprint density at radius 2 is 1.40 bits per heavy atom. The van der Waals surface area contributed by atoms with Gasteiger partial charge in [0, 0.05) is 5.02 Å². The van der Waals surface area contributed by atoms with Crippen molar-refractivity contribution in [3.05, 3.63) is 46.0 Å². The van der Waals surface area contributed by atoms with E-state index in [1.54, 1.807) is 24.3 Å². The minimum Gasteiger partial charge on any atom is -0.493 e. The van der Waals surface area contributed by atoms with Crippen molar-refractivity contribution in [2.75, 3.05) is 21.3 Å². The molecule has 0 N–H and O–H groups in total. The summed E-state index contributed by atoms with van der Waals surface area (Å²) in [6.45, 7) is 3.70. The zero-order chi connectivity index (χ0) is 18.6. The molecule has 0 unspecified atom stereocenters. The molecule has 0 heterocycles. The van der Waals surface area contributed by atoms with E-state index in [-0.39, 0.29) is 12.4 Å². The molecule has 0 aromatic heterocycles. The summed E-state index contributed by atoms with van der Waals surface area (Å²) in [7, 11) is 4.58. The fourth-order valence-electron chi connectivity index (χ4n) is 2.61. The fourth-order valence-corrected chi connectivity index (χ4v) is 2.94. The van der Waals surface area contributed by atoms with E-state index in [1.165, 1.54) is 21.3 Å². The predicted molar refractivity (Wildman–Crippen MR) is 96.4 cm³/mol. The first-order chi connectivity index (χ1) is 11.9. The van der Waals surface area contributed by atoms with Crippen molar-refractivity contribution in [1.82, 2.24) is 0 Å². The minimum absolute atomic E-state index is 0.0677. The lowest BCUT2D eigenvalue weighted by atomic mass is 10.1. The molecule has 134 valence electrons. The summed E-state index contributed by atoms with van der Waals surface area (Å²) < 4.78 is 21.4. The van der Waals surface area contributed by atoms with Crippen LogP contribution in [0.1, 0.15) is 16.7 Å². The normalized spacial score (nSPS) is 10.3. The predicted octanol–water partition coefficient (Wildman–Crippen LogP) is 4.13. The van der Waals surface area contributed by atoms with Crippen molar-refractivity contribution in [2.24, 2.45) is 0 Å². The standard InChI is InChI=1S/C19H21ClO5/c1-11-6-14(20)7-12(2)18(11)25-17(21)10-13-8-15(22-3)19(24-5)16(9-13)23-4/h6-9H,10H2,1-5H3. The van der Waals surface area contributed by atoms with Crippen LogP contribution in [-0.4, -0.2) is 27.3 Å². The van der Waals surface area contributed by atoms with Gasteiger partial charge in [-0.1, -0.05) is 11.6 Å². The highest BCUT2D eigenvalue weighted by Crippen LogP contribution is 2.38. The summed E-state index contributed by atoms with van der Waals surface area (Å²) in [4.78, 5) is 12.4. The summed E-state index contributed by atoms with van der Waals surface area (Å²) in [5.41, 5.74) is 2.32. The maximum Gasteiger partial charge on any atom is 0.315 e. The van der Waals surface area contributed by atoms with Gasteiger partial charge in [0.05, 0.1) is 27.8 Å². The summed E-state index contributed by atoms with van der Waals surface area (Å²) >= 11 is 6.00. The highest BCUT2D eigenvalue weighted by atomic mass is 35.5. The summed E-state index contributed by atoms with van der Waals surface area (Å²) in [5.74, 6) is 1.60. The quantitative estimate of drug-likeness (QED) is 0.569. The Morgan fingerprint density at radius 1 is 0.880 bits per heavy atom. The first-order valence-corrected chi connectivity index (χ1v) is 8.03. The van der Waals surface area contributed by atoms with Crippen molar-refractivity contribution in [3.63, 3.8) is 0 Å². The summed E-state index contributed by atoms with van der Waals surface area (Å²) in [6.07, 6.45) is 0.0677. The van der Waals surface area contributed by atoms with E-state index >= 15 is 0 Å². The van der Waals surface area contributed by atoms with Crippen molar-refractivity contribution in [1.29, 1.82) is 0 Å². The summed E-state index contributed by atoms with van der Waals surface area (Å²) in [6, 6.07) is 6.97. The molecule has 5 nitrogen and oxygen atoms in total. The number of carbonyl (C=O) groups excluding carboxylic acids is 1. The van der Waals surface area contributed by atoms with E-state index < -0.39 is 0 Å². The molecular weight excluding hydrogens is 344 g/mol. The van der Waals surface area contributed by atoms with Crippen LogP contribution < -0.4 is 18.9 Å². The molecule has 0 bridgehead atoms. The van der Waals surface area contributed by atoms with Gasteiger partial charge in [-0.25, -0.2) is 0 Å². The van der Waals surface area contributed by atoms with E-state index in [1.807, 2.05) is 13.8 Å². The van der Waals surface area contributed by atoms with E-state index in [4.69, 9.17) is 30.5 Å². The first-order valence-electron chi connectivity index (χ1n) is 7.65. The van der Waals surface area contributed by atoms with Gasteiger partial charge < -0.3 is 18.9 Å². The molecule has 2 aromatic rings. The molecule has 2 aromatic carbocycles. The molecule has 0 fully saturated rings. The van der Waals surface area contributed by atoms with Gasteiger partial charge in [0.1, 0.15) is 5.75 Å². The number of benzene rings is 2. The lowest BCUT2D eigenvalue weighted by molar-refractivity contribution is -0.133. The van der Waals surface area contributed by atoms with Crippen LogP contribution in [0, 0.1) is 13.8 Å². The molecule has 6 heteroatoms. The van der Waals surface area contributed by atoms with Crippen LogP contribution in [0.15, 0.2) is 24.3 Å². The Labute approximate surface area is 152 Å². The molecule has 2 rings (SSSR count). The number of esters is 1. The van der Waals surface area contributed by atoms with Gasteiger partial charge in [-0.15, -0.1) is 0 Å². The maximum absolute atomic E-state index is 12.4. The molecule has 0 amide bonds. The smallest absolute Gasteiger partial charge is 0.315 e. The molecule has 0 aliphatic heterocycles. The van der Waals surface area contributed by atoms with Crippen LogP contribution in [0.5, 0.6) is 23.0 Å². The van der Waals surface area contributed by atoms with E-state index in [0.29, 0.717) is 33.6 Å². The van der Waals surface area contributed by atoms with Crippen LogP contribution in [0.25, 0.3) is 0 Å². The monoisotopic (exact) mass is 364 g/mol. The van der Waals surface area contributed by atoms with Crippen LogP contribution >= 0.6 is 11.6 Å². The van der Waals surface area contributed by atoms with Gasteiger partial charge in [-0.05, 0) is 54.8 Å². The van der Waals surface area contributed by atoms with Crippen molar-refractivity contribution in [2.45, 2.75) is 20.3 Å². The molecule has 0 radical (unpaired) electrons. The van der Waals surface area contributed by atoms with Gasteiger partial charge in [0.15, 0.2) is 11.5 Å². The zero-order valence-corrected chi connectivity index (χ0v) is 15.7. The van der Waals surface area contributed by atoms with E-state index in [9.17, 15) is 4.79 Å². The maximum atomic E-state index is 12.4. The van der Waals surface area contributed by atoms with Crippen LogP contribution in [0.4, 0.5) is 0 Å². The number of halogens is 1. The summed E-state index contributed by atoms with van der Waals surface area (Å²) in [5, 5.41) is 0.611. The van der Waals surface area contributed by atoms with Crippen LogP contribution in [-0.2, 0) is 11.2 Å². The Morgan fingerprint density at radius 3 is 1.84 bits per heavy atom. The molecule has 0 saturated heterocycles. The van der Waals surface area contributed by atoms with Gasteiger partial charge in [0.25, 0.3) is 0 Å². The second-order valence-corrected chi connectivity index (χ2v) is 5.99. The first kappa shape index (κ1) is 18.9. The highest BCUT2D eigenvalue weighted by Gasteiger charge is 2.17. The van der Waals surface area contributed by atoms with Crippen LogP contribution in [0.2, 0.25) is 5.02 Å². The molecule has 0 atom stereocenters. The van der Waals surface area contributed by atoms with Gasteiger partial charge in [-0.2, -0.15) is 0 Å². The molecule has 0 aliphatic carbocycles. The molecule has 0 spiro atoms. The largest absolute Gasteiger partial charge is 0.493 e. The second-order valence-electron chi connectivity index (χ2n) is 5.55. The third kappa shape index (κ3) is 4.37. The Kier molecular flexibility index (Phi) is 6.15. The number of aryl methyl sites for hydroxylation is 2. The number of hydrogen-bond donors (Lipinski definition) is 0. The van der Waals surface area contributed by atoms with Crippen molar-refractivity contribution >= 4 is 17.6 Å². The van der Waals surface area contributed by atoms with Crippen LogP contribution in [0.3, 0.4) is 0 Å².